The predicted molar refractivity (Wildman–Crippen MR) is 73.6 cm³/mol. The van der Waals surface area contributed by atoms with Crippen molar-refractivity contribution in [3.63, 3.8) is 0 Å². The van der Waals surface area contributed by atoms with E-state index >= 15 is 0 Å². The first-order valence-corrected chi connectivity index (χ1v) is 7.54. The molecule has 1 saturated heterocycles. The molecule has 0 aromatic carbocycles. The van der Waals surface area contributed by atoms with Crippen molar-refractivity contribution in [3.8, 4) is 0 Å². The second-order valence-electron chi connectivity index (χ2n) is 5.50. The van der Waals surface area contributed by atoms with Gasteiger partial charge in [0, 0.05) is 38.8 Å². The second kappa shape index (κ2) is 7.10. The van der Waals surface area contributed by atoms with Gasteiger partial charge in [-0.15, -0.1) is 0 Å². The van der Waals surface area contributed by atoms with E-state index in [0.717, 1.165) is 32.7 Å². The number of carbonyl (C=O) groups is 1. The van der Waals surface area contributed by atoms with Gasteiger partial charge in [-0.1, -0.05) is 19.3 Å². The summed E-state index contributed by atoms with van der Waals surface area (Å²) in [7, 11) is 0. The molecule has 1 heterocycles. The molecule has 0 aromatic heterocycles. The van der Waals surface area contributed by atoms with Crippen LogP contribution in [0.25, 0.3) is 0 Å². The highest BCUT2D eigenvalue weighted by Gasteiger charge is 2.25. The highest BCUT2D eigenvalue weighted by molar-refractivity contribution is 5.78. The van der Waals surface area contributed by atoms with Crippen LogP contribution in [-0.2, 0) is 4.79 Å². The Morgan fingerprint density at radius 1 is 1.22 bits per heavy atom. The Bertz CT molecular complexity index is 258. The number of rotatable bonds is 4. The number of nitrogens with one attached hydrogen (secondary N) is 1. The number of nitrogens with zero attached hydrogens (tertiary/aromatic N) is 2. The molecule has 2 aliphatic rings. The van der Waals surface area contributed by atoms with Crippen molar-refractivity contribution >= 4 is 5.91 Å². The largest absolute Gasteiger partial charge is 0.339 e. The van der Waals surface area contributed by atoms with Crippen LogP contribution in [0, 0.1) is 0 Å². The molecule has 0 radical (unpaired) electrons. The quantitative estimate of drug-likeness (QED) is 0.814. The number of likely N-dealkylation sites (N-methyl/N-ethyl adjacent to an activating group) is 1. The lowest BCUT2D eigenvalue weighted by atomic mass is 9.94. The zero-order valence-corrected chi connectivity index (χ0v) is 11.7. The van der Waals surface area contributed by atoms with Gasteiger partial charge in [-0.25, -0.2) is 0 Å². The first-order chi connectivity index (χ1) is 8.81. The minimum Gasteiger partial charge on any atom is -0.339 e. The molecule has 0 atom stereocenters. The van der Waals surface area contributed by atoms with Gasteiger partial charge in [0.15, 0.2) is 0 Å². The molecule has 0 unspecified atom stereocenters. The first-order valence-electron chi connectivity index (χ1n) is 7.54. The van der Waals surface area contributed by atoms with E-state index < -0.39 is 0 Å². The Kier molecular flexibility index (Phi) is 5.45. The van der Waals surface area contributed by atoms with Gasteiger partial charge in [-0.3, -0.25) is 9.69 Å². The fourth-order valence-electron chi connectivity index (χ4n) is 3.18. The van der Waals surface area contributed by atoms with Gasteiger partial charge in [-0.05, 0) is 19.8 Å². The SMILES string of the molecule is CCN(C(=O)CN1CCNCC1)C1CCCCC1. The molecule has 1 aliphatic carbocycles. The maximum atomic E-state index is 12.4. The Hall–Kier alpha value is -0.610. The van der Waals surface area contributed by atoms with E-state index in [9.17, 15) is 4.79 Å². The summed E-state index contributed by atoms with van der Waals surface area (Å²) in [6.07, 6.45) is 6.35. The smallest absolute Gasteiger partial charge is 0.236 e. The van der Waals surface area contributed by atoms with E-state index in [1.54, 1.807) is 0 Å². The third-order valence-corrected chi connectivity index (χ3v) is 4.24. The highest BCUT2D eigenvalue weighted by atomic mass is 16.2. The number of hydrogen-bond acceptors (Lipinski definition) is 3. The third kappa shape index (κ3) is 3.69. The summed E-state index contributed by atoms with van der Waals surface area (Å²) < 4.78 is 0. The fourth-order valence-corrected chi connectivity index (χ4v) is 3.18. The molecule has 2 fully saturated rings. The fraction of sp³-hybridized carbons (Fsp3) is 0.929. The third-order valence-electron chi connectivity index (χ3n) is 4.24. The molecule has 1 aliphatic heterocycles. The maximum Gasteiger partial charge on any atom is 0.236 e. The van der Waals surface area contributed by atoms with Gasteiger partial charge < -0.3 is 10.2 Å². The second-order valence-corrected chi connectivity index (χ2v) is 5.50. The predicted octanol–water partition coefficient (Wildman–Crippen LogP) is 1.07. The molecule has 0 aromatic rings. The normalized spacial score (nSPS) is 22.9. The zero-order chi connectivity index (χ0) is 12.8. The van der Waals surface area contributed by atoms with E-state index in [2.05, 4.69) is 22.0 Å². The van der Waals surface area contributed by atoms with Crippen LogP contribution >= 0.6 is 0 Å². The van der Waals surface area contributed by atoms with E-state index in [1.165, 1.54) is 32.1 Å². The van der Waals surface area contributed by atoms with E-state index in [0.29, 0.717) is 18.5 Å². The van der Waals surface area contributed by atoms with Gasteiger partial charge in [0.25, 0.3) is 0 Å². The van der Waals surface area contributed by atoms with Gasteiger partial charge >= 0.3 is 0 Å². The molecule has 4 heteroatoms. The Labute approximate surface area is 111 Å². The van der Waals surface area contributed by atoms with Crippen molar-refractivity contribution in [2.24, 2.45) is 0 Å². The van der Waals surface area contributed by atoms with E-state index in [-0.39, 0.29) is 0 Å². The van der Waals surface area contributed by atoms with Crippen molar-refractivity contribution in [2.75, 3.05) is 39.3 Å². The lowest BCUT2D eigenvalue weighted by Crippen LogP contribution is -2.50. The van der Waals surface area contributed by atoms with Crippen molar-refractivity contribution in [2.45, 2.75) is 45.1 Å². The molecule has 1 amide bonds. The average Bonchev–Trinajstić information content (AvgIpc) is 2.42. The van der Waals surface area contributed by atoms with Crippen LogP contribution in [0.3, 0.4) is 0 Å². The van der Waals surface area contributed by atoms with Gasteiger partial charge in [0.2, 0.25) is 5.91 Å². The Balaban J connectivity index is 1.83. The molecule has 4 nitrogen and oxygen atoms in total. The van der Waals surface area contributed by atoms with Gasteiger partial charge in [-0.2, -0.15) is 0 Å². The molecule has 104 valence electrons. The molecule has 0 spiro atoms. The molecular formula is C14H27N3O. The Morgan fingerprint density at radius 3 is 2.50 bits per heavy atom. The lowest BCUT2D eigenvalue weighted by molar-refractivity contribution is -0.135. The monoisotopic (exact) mass is 253 g/mol. The van der Waals surface area contributed by atoms with Crippen LogP contribution in [0.5, 0.6) is 0 Å². The maximum absolute atomic E-state index is 12.4. The van der Waals surface area contributed by atoms with Crippen molar-refractivity contribution < 1.29 is 4.79 Å². The van der Waals surface area contributed by atoms with Crippen LogP contribution in [0.1, 0.15) is 39.0 Å². The number of piperazine rings is 1. The number of carbonyl (C=O) groups excluding carboxylic acids is 1. The summed E-state index contributed by atoms with van der Waals surface area (Å²) >= 11 is 0. The summed E-state index contributed by atoms with van der Waals surface area (Å²) in [5.74, 6) is 0.339. The molecule has 1 N–H and O–H groups in total. The lowest BCUT2D eigenvalue weighted by Gasteiger charge is -2.36. The standard InChI is InChI=1S/C14H27N3O/c1-2-17(13-6-4-3-5-7-13)14(18)12-16-10-8-15-9-11-16/h13,15H,2-12H2,1H3. The van der Waals surface area contributed by atoms with E-state index in [1.807, 2.05) is 0 Å². The summed E-state index contributed by atoms with van der Waals surface area (Å²) in [6, 6.07) is 0.513. The topological polar surface area (TPSA) is 35.6 Å². The molecule has 2 rings (SSSR count). The van der Waals surface area contributed by atoms with Gasteiger partial charge in [0.1, 0.15) is 0 Å². The number of hydrogen-bond donors (Lipinski definition) is 1. The minimum absolute atomic E-state index is 0.339. The van der Waals surface area contributed by atoms with E-state index in [4.69, 9.17) is 0 Å². The Morgan fingerprint density at radius 2 is 1.89 bits per heavy atom. The van der Waals surface area contributed by atoms with Crippen molar-refractivity contribution in [1.29, 1.82) is 0 Å². The first kappa shape index (κ1) is 13.8. The summed E-state index contributed by atoms with van der Waals surface area (Å²) in [5, 5.41) is 3.33. The van der Waals surface area contributed by atoms with Crippen LogP contribution in [0.15, 0.2) is 0 Å². The highest BCUT2D eigenvalue weighted by Crippen LogP contribution is 2.22. The van der Waals surface area contributed by atoms with Crippen molar-refractivity contribution in [3.05, 3.63) is 0 Å². The zero-order valence-electron chi connectivity index (χ0n) is 11.7. The van der Waals surface area contributed by atoms with Crippen LogP contribution in [-0.4, -0.2) is 61.0 Å². The average molecular weight is 253 g/mol. The summed E-state index contributed by atoms with van der Waals surface area (Å²) in [4.78, 5) is 16.8. The molecular weight excluding hydrogens is 226 g/mol. The molecule has 18 heavy (non-hydrogen) atoms. The molecule has 1 saturated carbocycles. The summed E-state index contributed by atoms with van der Waals surface area (Å²) in [5.41, 5.74) is 0. The molecule has 0 bridgehead atoms. The minimum atomic E-state index is 0.339. The van der Waals surface area contributed by atoms with Crippen LogP contribution in [0.2, 0.25) is 0 Å². The van der Waals surface area contributed by atoms with Crippen LogP contribution in [0.4, 0.5) is 0 Å². The number of amides is 1. The van der Waals surface area contributed by atoms with Gasteiger partial charge in [0.05, 0.1) is 6.54 Å². The van der Waals surface area contributed by atoms with Crippen LogP contribution < -0.4 is 5.32 Å². The summed E-state index contributed by atoms with van der Waals surface area (Å²) in [6.45, 7) is 7.65. The van der Waals surface area contributed by atoms with Crippen molar-refractivity contribution in [1.82, 2.24) is 15.1 Å².